The predicted octanol–water partition coefficient (Wildman–Crippen LogP) is 5.77. The maximum Gasteiger partial charge on any atom is 0.262 e. The van der Waals surface area contributed by atoms with E-state index in [0.717, 1.165) is 16.7 Å². The summed E-state index contributed by atoms with van der Waals surface area (Å²) < 4.78 is 56.8. The molecule has 4 aromatic rings. The third-order valence-corrected chi connectivity index (χ3v) is 9.11. The molecule has 0 aliphatic heterocycles. The lowest BCUT2D eigenvalue weighted by Gasteiger charge is -2.13. The van der Waals surface area contributed by atoms with Crippen LogP contribution in [0, 0.1) is 27.7 Å². The van der Waals surface area contributed by atoms with E-state index in [4.69, 9.17) is 0 Å². The van der Waals surface area contributed by atoms with Crippen LogP contribution in [-0.2, 0) is 20.0 Å². The van der Waals surface area contributed by atoms with E-state index in [9.17, 15) is 21.6 Å². The molecule has 0 bridgehead atoms. The topological polar surface area (TPSA) is 121 Å². The fourth-order valence-corrected chi connectivity index (χ4v) is 6.26. The lowest BCUT2D eigenvalue weighted by Crippen LogP contribution is -2.17. The van der Waals surface area contributed by atoms with Crippen molar-refractivity contribution in [2.24, 2.45) is 0 Å². The normalized spacial score (nSPS) is 11.6. The van der Waals surface area contributed by atoms with Crippen LogP contribution in [0.15, 0.2) is 94.7 Å². The van der Waals surface area contributed by atoms with Crippen LogP contribution in [0.2, 0.25) is 0 Å². The molecule has 0 unspecified atom stereocenters. The summed E-state index contributed by atoms with van der Waals surface area (Å²) in [6.45, 7) is 7.35. The Bertz CT molecular complexity index is 1770. The van der Waals surface area contributed by atoms with E-state index in [0.29, 0.717) is 22.6 Å². The zero-order valence-corrected chi connectivity index (χ0v) is 23.6. The molecule has 202 valence electrons. The zero-order chi connectivity index (χ0) is 28.4. The highest BCUT2D eigenvalue weighted by molar-refractivity contribution is 7.93. The molecule has 39 heavy (non-hydrogen) atoms. The second kappa shape index (κ2) is 10.9. The lowest BCUT2D eigenvalue weighted by molar-refractivity contribution is 0.102. The number of sulfonamides is 2. The molecule has 4 rings (SSSR count). The van der Waals surface area contributed by atoms with E-state index in [2.05, 4.69) is 14.8 Å². The van der Waals surface area contributed by atoms with Gasteiger partial charge in [-0.1, -0.05) is 24.3 Å². The first-order valence-corrected chi connectivity index (χ1v) is 15.0. The maximum absolute atomic E-state index is 13.1. The van der Waals surface area contributed by atoms with Gasteiger partial charge >= 0.3 is 0 Å². The molecule has 8 nitrogen and oxygen atoms in total. The molecule has 0 saturated carbocycles. The van der Waals surface area contributed by atoms with Crippen molar-refractivity contribution in [3.8, 4) is 0 Å². The molecule has 0 spiro atoms. The lowest BCUT2D eigenvalue weighted by atomic mass is 10.1. The highest BCUT2D eigenvalue weighted by atomic mass is 32.2. The van der Waals surface area contributed by atoms with Crippen LogP contribution in [0.25, 0.3) is 0 Å². The van der Waals surface area contributed by atoms with Crippen LogP contribution < -0.4 is 14.8 Å². The highest BCUT2D eigenvalue weighted by Gasteiger charge is 2.20. The minimum atomic E-state index is -3.96. The summed E-state index contributed by atoms with van der Waals surface area (Å²) in [7, 11) is -7.78. The van der Waals surface area contributed by atoms with E-state index < -0.39 is 26.0 Å². The van der Waals surface area contributed by atoms with Gasteiger partial charge in [-0.3, -0.25) is 14.2 Å². The third-order valence-electron chi connectivity index (χ3n) is 6.19. The molecular weight excluding hydrogens is 534 g/mol. The summed E-state index contributed by atoms with van der Waals surface area (Å²) in [6.07, 6.45) is 0. The van der Waals surface area contributed by atoms with Crippen molar-refractivity contribution in [1.29, 1.82) is 0 Å². The molecule has 0 aliphatic rings. The average Bonchev–Trinajstić information content (AvgIpc) is 2.86. The van der Waals surface area contributed by atoms with Gasteiger partial charge in [-0.25, -0.2) is 16.8 Å². The van der Waals surface area contributed by atoms with Crippen LogP contribution >= 0.6 is 0 Å². The van der Waals surface area contributed by atoms with Gasteiger partial charge in [0.05, 0.1) is 9.79 Å². The van der Waals surface area contributed by atoms with E-state index in [1.807, 2.05) is 32.9 Å². The van der Waals surface area contributed by atoms with Gasteiger partial charge in [0.25, 0.3) is 26.0 Å². The fourth-order valence-electron chi connectivity index (χ4n) is 3.89. The monoisotopic (exact) mass is 563 g/mol. The van der Waals surface area contributed by atoms with Gasteiger partial charge in [-0.05, 0) is 111 Å². The number of hydrogen-bond donors (Lipinski definition) is 3. The summed E-state index contributed by atoms with van der Waals surface area (Å²) in [5.74, 6) is -0.536. The number of carbonyl (C=O) groups is 1. The van der Waals surface area contributed by atoms with Crippen LogP contribution in [0.3, 0.4) is 0 Å². The van der Waals surface area contributed by atoms with Crippen molar-refractivity contribution in [3.05, 3.63) is 113 Å². The molecular formula is C29H29N3O5S2. The SMILES string of the molecule is Cc1cccc(NS(=O)(=O)c2ccc(NC(=O)c3ccc(C)c(S(=O)(=O)Nc4ccc(C)c(C)c4)c3)cc2)c1. The second-order valence-corrected chi connectivity index (χ2v) is 12.7. The number of carbonyl (C=O) groups excluding carboxylic acids is 1. The van der Waals surface area contributed by atoms with Crippen LogP contribution in [0.1, 0.15) is 32.6 Å². The first-order chi connectivity index (χ1) is 18.3. The Balaban J connectivity index is 1.50. The number of nitrogens with one attached hydrogen (secondary N) is 3. The minimum Gasteiger partial charge on any atom is -0.322 e. The van der Waals surface area contributed by atoms with Gasteiger partial charge in [-0.15, -0.1) is 0 Å². The molecule has 4 aromatic carbocycles. The van der Waals surface area contributed by atoms with Gasteiger partial charge < -0.3 is 5.32 Å². The Morgan fingerprint density at radius 2 is 1.21 bits per heavy atom. The number of anilines is 3. The number of amides is 1. The summed E-state index contributed by atoms with van der Waals surface area (Å²) in [5, 5.41) is 2.69. The van der Waals surface area contributed by atoms with E-state index >= 15 is 0 Å². The van der Waals surface area contributed by atoms with Crippen molar-refractivity contribution in [1.82, 2.24) is 0 Å². The Morgan fingerprint density at radius 1 is 0.590 bits per heavy atom. The summed E-state index contributed by atoms with van der Waals surface area (Å²) in [4.78, 5) is 13.0. The fraction of sp³-hybridized carbons (Fsp3) is 0.138. The second-order valence-electron chi connectivity index (χ2n) is 9.34. The maximum atomic E-state index is 13.1. The molecule has 0 radical (unpaired) electrons. The molecule has 0 saturated heterocycles. The molecule has 0 fully saturated rings. The molecule has 0 aromatic heterocycles. The first kappa shape index (κ1) is 27.9. The molecule has 1 amide bonds. The van der Waals surface area contributed by atoms with Crippen molar-refractivity contribution in [2.45, 2.75) is 37.5 Å². The zero-order valence-electron chi connectivity index (χ0n) is 21.9. The molecule has 10 heteroatoms. The third kappa shape index (κ3) is 6.65. The van der Waals surface area contributed by atoms with Crippen molar-refractivity contribution in [3.63, 3.8) is 0 Å². The molecule has 0 heterocycles. The van der Waals surface area contributed by atoms with Gasteiger partial charge in [0.15, 0.2) is 0 Å². The number of aryl methyl sites for hydroxylation is 4. The molecule has 0 atom stereocenters. The van der Waals surface area contributed by atoms with Gasteiger partial charge in [0.1, 0.15) is 0 Å². The Kier molecular flexibility index (Phi) is 7.80. The van der Waals surface area contributed by atoms with Crippen LogP contribution in [0.4, 0.5) is 17.1 Å². The minimum absolute atomic E-state index is 0.0166. The largest absolute Gasteiger partial charge is 0.322 e. The average molecular weight is 564 g/mol. The van der Waals surface area contributed by atoms with Crippen LogP contribution in [0.5, 0.6) is 0 Å². The quantitative estimate of drug-likeness (QED) is 0.251. The Labute approximate surface area is 229 Å². The highest BCUT2D eigenvalue weighted by Crippen LogP contribution is 2.24. The van der Waals surface area contributed by atoms with Gasteiger partial charge in [-0.2, -0.15) is 0 Å². The van der Waals surface area contributed by atoms with Crippen molar-refractivity contribution >= 4 is 43.0 Å². The van der Waals surface area contributed by atoms with E-state index in [1.54, 1.807) is 43.3 Å². The number of benzene rings is 4. The van der Waals surface area contributed by atoms with Gasteiger partial charge in [0, 0.05) is 22.6 Å². The smallest absolute Gasteiger partial charge is 0.262 e. The van der Waals surface area contributed by atoms with Crippen LogP contribution in [-0.4, -0.2) is 22.7 Å². The Hall–Kier alpha value is -4.15. The van der Waals surface area contributed by atoms with Gasteiger partial charge in [0.2, 0.25) is 0 Å². The Morgan fingerprint density at radius 3 is 1.87 bits per heavy atom. The number of hydrogen-bond acceptors (Lipinski definition) is 5. The summed E-state index contributed by atoms with van der Waals surface area (Å²) in [5.41, 5.74) is 4.76. The predicted molar refractivity (Wildman–Crippen MR) is 154 cm³/mol. The van der Waals surface area contributed by atoms with E-state index in [-0.39, 0.29) is 15.4 Å². The molecule has 0 aliphatic carbocycles. The van der Waals surface area contributed by atoms with Crippen molar-refractivity contribution in [2.75, 3.05) is 14.8 Å². The summed E-state index contributed by atoms with van der Waals surface area (Å²) >= 11 is 0. The van der Waals surface area contributed by atoms with Crippen molar-refractivity contribution < 1.29 is 21.6 Å². The summed E-state index contributed by atoms with van der Waals surface area (Å²) in [6, 6.07) is 22.4. The molecule has 3 N–H and O–H groups in total. The van der Waals surface area contributed by atoms with E-state index in [1.165, 1.54) is 36.4 Å². The number of rotatable bonds is 8. The standard InChI is InChI=1S/C29H29N3O5S2/c1-19-6-5-7-25(16-19)31-38(34,35)27-14-12-24(13-15-27)30-29(33)23-10-8-21(3)28(18-23)39(36,37)32-26-11-9-20(2)22(4)17-26/h5-18,31-32H,1-4H3,(H,30,33). The first-order valence-electron chi connectivity index (χ1n) is 12.1.